The topological polar surface area (TPSA) is 9.23 Å². The summed E-state index contributed by atoms with van der Waals surface area (Å²) in [5, 5.41) is 0. The van der Waals surface area contributed by atoms with E-state index in [9.17, 15) is 22.0 Å². The van der Waals surface area contributed by atoms with Crippen molar-refractivity contribution >= 4 is 0 Å². The lowest BCUT2D eigenvalue weighted by molar-refractivity contribution is -0.141. The van der Waals surface area contributed by atoms with E-state index in [-0.39, 0.29) is 5.75 Å². The molecule has 0 saturated heterocycles. The highest BCUT2D eigenvalue weighted by Gasteiger charge is 2.47. The Morgan fingerprint density at radius 1 is 1.29 bits per heavy atom. The number of alkyl halides is 5. The van der Waals surface area contributed by atoms with Gasteiger partial charge in [0.05, 0.1) is 11.5 Å². The van der Waals surface area contributed by atoms with Crippen LogP contribution in [0.3, 0.4) is 0 Å². The maximum atomic E-state index is 13.4. The first kappa shape index (κ1) is 12.1. The van der Waals surface area contributed by atoms with E-state index in [1.54, 1.807) is 0 Å². The smallest absolute Gasteiger partial charge is 0.416 e. The molecule has 1 nitrogen and oxygen atoms in total. The Bertz CT molecular complexity index is 438. The van der Waals surface area contributed by atoms with Crippen LogP contribution in [0, 0.1) is 0 Å². The fraction of sp³-hybridized carbons (Fsp3) is 0.455. The second-order valence-corrected chi connectivity index (χ2v) is 3.99. The summed E-state index contributed by atoms with van der Waals surface area (Å²) < 4.78 is 69.5. The number of hydrogen-bond acceptors (Lipinski definition) is 1. The highest BCUT2D eigenvalue weighted by atomic mass is 19.4. The molecule has 0 spiro atoms. The Kier molecular flexibility index (Phi) is 2.56. The van der Waals surface area contributed by atoms with Crippen LogP contribution >= 0.6 is 0 Å². The van der Waals surface area contributed by atoms with E-state index in [0.717, 1.165) is 19.1 Å². The number of benzene rings is 1. The van der Waals surface area contributed by atoms with Gasteiger partial charge in [-0.3, -0.25) is 0 Å². The van der Waals surface area contributed by atoms with Crippen molar-refractivity contribution in [2.75, 3.05) is 6.61 Å². The maximum absolute atomic E-state index is 13.4. The van der Waals surface area contributed by atoms with Crippen molar-refractivity contribution in [2.45, 2.75) is 24.9 Å². The highest BCUT2D eigenvalue weighted by molar-refractivity contribution is 5.46. The third-order valence-electron chi connectivity index (χ3n) is 2.86. The molecule has 1 heterocycles. The summed E-state index contributed by atoms with van der Waals surface area (Å²) in [6.07, 6.45) is -4.66. The molecule has 0 N–H and O–H groups in total. The average molecular weight is 252 g/mol. The molecular weight excluding hydrogens is 243 g/mol. The molecule has 0 saturated carbocycles. The largest absolute Gasteiger partial charge is 0.487 e. The lowest BCUT2D eigenvalue weighted by Gasteiger charge is -2.32. The second-order valence-electron chi connectivity index (χ2n) is 3.99. The van der Waals surface area contributed by atoms with Gasteiger partial charge >= 0.3 is 6.18 Å². The molecule has 0 bridgehead atoms. The number of fused-ring (bicyclic) bond motifs is 1. The van der Waals surface area contributed by atoms with Crippen LogP contribution in [0.1, 0.15) is 24.0 Å². The van der Waals surface area contributed by atoms with Gasteiger partial charge in [0.2, 0.25) is 0 Å². The molecule has 0 aromatic heterocycles. The molecule has 0 fully saturated rings. The lowest BCUT2D eigenvalue weighted by Crippen LogP contribution is -2.37. The van der Waals surface area contributed by atoms with E-state index < -0.39 is 35.8 Å². The van der Waals surface area contributed by atoms with Crippen molar-refractivity contribution in [3.8, 4) is 5.75 Å². The van der Waals surface area contributed by atoms with Crippen LogP contribution in [0.5, 0.6) is 5.75 Å². The number of halogens is 5. The van der Waals surface area contributed by atoms with Crippen LogP contribution in [0.25, 0.3) is 0 Å². The highest BCUT2D eigenvalue weighted by Crippen LogP contribution is 2.47. The third kappa shape index (κ3) is 1.96. The Morgan fingerprint density at radius 2 is 1.94 bits per heavy atom. The molecule has 94 valence electrons. The van der Waals surface area contributed by atoms with Gasteiger partial charge in [-0.2, -0.15) is 13.2 Å². The van der Waals surface area contributed by atoms with Crippen LogP contribution in [0.2, 0.25) is 0 Å². The first-order chi connectivity index (χ1) is 7.73. The minimum atomic E-state index is -4.66. The zero-order valence-electron chi connectivity index (χ0n) is 8.81. The molecule has 1 aliphatic heterocycles. The van der Waals surface area contributed by atoms with E-state index in [1.165, 1.54) is 6.07 Å². The van der Waals surface area contributed by atoms with Gasteiger partial charge in [0.15, 0.2) is 6.61 Å². The van der Waals surface area contributed by atoms with Crippen LogP contribution in [-0.4, -0.2) is 12.5 Å². The quantitative estimate of drug-likeness (QED) is 0.637. The monoisotopic (exact) mass is 252 g/mol. The minimum Gasteiger partial charge on any atom is -0.487 e. The lowest BCUT2D eigenvalue weighted by atomic mass is 9.88. The third-order valence-corrected chi connectivity index (χ3v) is 2.86. The maximum Gasteiger partial charge on any atom is 0.416 e. The fourth-order valence-corrected chi connectivity index (χ4v) is 1.87. The molecule has 6 heteroatoms. The van der Waals surface area contributed by atoms with Gasteiger partial charge in [0, 0.05) is 5.56 Å². The molecule has 1 aliphatic rings. The number of hydrogen-bond donors (Lipinski definition) is 0. The van der Waals surface area contributed by atoms with E-state index in [4.69, 9.17) is 4.74 Å². The van der Waals surface area contributed by atoms with Crippen molar-refractivity contribution in [3.63, 3.8) is 0 Å². The average Bonchev–Trinajstić information content (AvgIpc) is 2.22. The van der Waals surface area contributed by atoms with Crippen molar-refractivity contribution in [3.05, 3.63) is 29.3 Å². The summed E-state index contributed by atoms with van der Waals surface area (Å²) >= 11 is 0. The van der Waals surface area contributed by atoms with E-state index in [2.05, 4.69) is 0 Å². The first-order valence-corrected chi connectivity index (χ1v) is 4.94. The normalized spacial score (nSPS) is 22.8. The predicted octanol–water partition coefficient (Wildman–Crippen LogP) is 3.84. The first-order valence-electron chi connectivity index (χ1n) is 4.94. The molecule has 0 radical (unpaired) electrons. The van der Waals surface area contributed by atoms with Gasteiger partial charge in [-0.25, -0.2) is 8.78 Å². The summed E-state index contributed by atoms with van der Waals surface area (Å²) in [6.45, 7) is 0.194. The molecule has 2 rings (SSSR count). The van der Waals surface area contributed by atoms with Crippen molar-refractivity contribution in [1.82, 2.24) is 0 Å². The number of rotatable bonds is 0. The molecule has 0 aliphatic carbocycles. The van der Waals surface area contributed by atoms with Gasteiger partial charge in [-0.15, -0.1) is 0 Å². The molecule has 0 amide bonds. The fourth-order valence-electron chi connectivity index (χ4n) is 1.87. The van der Waals surface area contributed by atoms with Crippen LogP contribution in [0.4, 0.5) is 22.0 Å². The summed E-state index contributed by atoms with van der Waals surface area (Å²) in [5.41, 5.74) is -1.52. The second kappa shape index (κ2) is 3.58. The molecule has 17 heavy (non-hydrogen) atoms. The van der Waals surface area contributed by atoms with Crippen molar-refractivity contribution < 1.29 is 26.7 Å². The van der Waals surface area contributed by atoms with Crippen molar-refractivity contribution in [2.24, 2.45) is 0 Å². The van der Waals surface area contributed by atoms with E-state index in [0.29, 0.717) is 0 Å². The molecule has 1 aromatic rings. The molecule has 1 unspecified atom stereocenters. The standard InChI is InChI=1S/C11H9F5O/c1-6-9-7(11(14,15)16)3-2-4-8(9)17-5-10(6,12)13/h2-4,6H,5H2,1H3. The Labute approximate surface area is 94.2 Å². The van der Waals surface area contributed by atoms with Crippen LogP contribution in [0.15, 0.2) is 18.2 Å². The Balaban J connectivity index is 2.61. The minimum absolute atomic E-state index is 0.113. The van der Waals surface area contributed by atoms with Crippen LogP contribution in [-0.2, 0) is 6.18 Å². The van der Waals surface area contributed by atoms with E-state index in [1.807, 2.05) is 0 Å². The predicted molar refractivity (Wildman–Crippen MR) is 50.3 cm³/mol. The van der Waals surface area contributed by atoms with E-state index >= 15 is 0 Å². The zero-order valence-corrected chi connectivity index (χ0v) is 8.81. The summed E-state index contributed by atoms with van der Waals surface area (Å²) in [5.74, 6) is -4.91. The van der Waals surface area contributed by atoms with Gasteiger partial charge in [-0.05, 0) is 12.1 Å². The summed E-state index contributed by atoms with van der Waals surface area (Å²) in [4.78, 5) is 0. The Hall–Kier alpha value is -1.33. The van der Waals surface area contributed by atoms with Crippen LogP contribution < -0.4 is 4.74 Å². The van der Waals surface area contributed by atoms with Gasteiger partial charge in [0.1, 0.15) is 5.75 Å². The van der Waals surface area contributed by atoms with Crippen molar-refractivity contribution in [1.29, 1.82) is 0 Å². The SMILES string of the molecule is CC1c2c(cccc2C(F)(F)F)OCC1(F)F. The zero-order chi connectivity index (χ0) is 12.8. The summed E-state index contributed by atoms with van der Waals surface area (Å²) in [7, 11) is 0. The number of ether oxygens (including phenoxy) is 1. The summed E-state index contributed by atoms with van der Waals surface area (Å²) in [6, 6.07) is 3.22. The van der Waals surface area contributed by atoms with Gasteiger partial charge < -0.3 is 4.74 Å². The molecule has 1 aromatic carbocycles. The Morgan fingerprint density at radius 3 is 2.53 bits per heavy atom. The molecular formula is C11H9F5O. The van der Waals surface area contributed by atoms with Gasteiger partial charge in [0.25, 0.3) is 5.92 Å². The van der Waals surface area contributed by atoms with Gasteiger partial charge in [-0.1, -0.05) is 13.0 Å². The molecule has 1 atom stereocenters.